The Balaban J connectivity index is 2.18. The van der Waals surface area contributed by atoms with Gasteiger partial charge in [0.1, 0.15) is 11.8 Å². The highest BCUT2D eigenvalue weighted by atomic mass is 79.9. The van der Waals surface area contributed by atoms with Crippen molar-refractivity contribution in [3.8, 4) is 0 Å². The van der Waals surface area contributed by atoms with E-state index >= 15 is 0 Å². The third kappa shape index (κ3) is 3.37. The Morgan fingerprint density at radius 2 is 2.26 bits per heavy atom. The maximum Gasteiger partial charge on any atom is 0.253 e. The Bertz CT molecular complexity index is 571. The van der Waals surface area contributed by atoms with Crippen molar-refractivity contribution < 1.29 is 14.3 Å². The molecule has 0 radical (unpaired) electrons. The summed E-state index contributed by atoms with van der Waals surface area (Å²) in [6.45, 7) is -0.253. The number of aliphatic hydroxyl groups excluding tert-OH is 1. The van der Waals surface area contributed by atoms with Gasteiger partial charge in [0, 0.05) is 9.50 Å². The second kappa shape index (κ2) is 6.23. The van der Waals surface area contributed by atoms with Crippen molar-refractivity contribution in [2.75, 3.05) is 6.61 Å². The number of hydrogen-bond donors (Lipinski definition) is 2. The van der Waals surface area contributed by atoms with Crippen LogP contribution in [0.25, 0.3) is 0 Å². The van der Waals surface area contributed by atoms with Gasteiger partial charge in [-0.05, 0) is 46.3 Å². The summed E-state index contributed by atoms with van der Waals surface area (Å²) in [7, 11) is 0. The van der Waals surface area contributed by atoms with E-state index in [-0.39, 0.29) is 12.5 Å². The van der Waals surface area contributed by atoms with Gasteiger partial charge in [0.25, 0.3) is 5.91 Å². The standard InChI is InChI=1S/C13H11BrClNO3/c14-10-4-3-8(15)6-9(10)13(18)16-11(7-17)12-2-1-5-19-12/h1-6,11,17H,7H2,(H,16,18). The van der Waals surface area contributed by atoms with E-state index < -0.39 is 6.04 Å². The Morgan fingerprint density at radius 3 is 2.89 bits per heavy atom. The Hall–Kier alpha value is -1.30. The lowest BCUT2D eigenvalue weighted by atomic mass is 10.2. The number of benzene rings is 1. The highest BCUT2D eigenvalue weighted by Gasteiger charge is 2.18. The second-order valence-corrected chi connectivity index (χ2v) is 5.14. The first-order chi connectivity index (χ1) is 9.11. The van der Waals surface area contributed by atoms with Crippen LogP contribution in [-0.2, 0) is 0 Å². The predicted octanol–water partition coefficient (Wildman–Crippen LogP) is 3.16. The number of halogens is 2. The SMILES string of the molecule is O=C(NC(CO)c1ccco1)c1cc(Cl)ccc1Br. The number of carbonyl (C=O) groups excluding carboxylic acids is 1. The van der Waals surface area contributed by atoms with Crippen LogP contribution in [0.5, 0.6) is 0 Å². The van der Waals surface area contributed by atoms with Gasteiger partial charge in [0.15, 0.2) is 0 Å². The zero-order valence-corrected chi connectivity index (χ0v) is 12.1. The summed E-state index contributed by atoms with van der Waals surface area (Å²) in [5, 5.41) is 12.5. The molecule has 0 aliphatic heterocycles. The van der Waals surface area contributed by atoms with Crippen LogP contribution in [0.3, 0.4) is 0 Å². The van der Waals surface area contributed by atoms with Gasteiger partial charge in [-0.15, -0.1) is 0 Å². The van der Waals surface area contributed by atoms with Crippen molar-refractivity contribution in [1.29, 1.82) is 0 Å². The minimum absolute atomic E-state index is 0.253. The minimum Gasteiger partial charge on any atom is -0.467 e. The predicted molar refractivity (Wildman–Crippen MR) is 75.2 cm³/mol. The number of amides is 1. The largest absolute Gasteiger partial charge is 0.467 e. The normalized spacial score (nSPS) is 12.2. The molecule has 0 bridgehead atoms. The fourth-order valence-electron chi connectivity index (χ4n) is 1.60. The molecule has 1 aromatic heterocycles. The Kier molecular flexibility index (Phi) is 4.63. The van der Waals surface area contributed by atoms with Gasteiger partial charge in [-0.2, -0.15) is 0 Å². The van der Waals surface area contributed by atoms with Gasteiger partial charge in [-0.3, -0.25) is 4.79 Å². The molecule has 1 heterocycles. The van der Waals surface area contributed by atoms with Gasteiger partial charge in [-0.25, -0.2) is 0 Å². The summed E-state index contributed by atoms with van der Waals surface area (Å²) in [6.07, 6.45) is 1.49. The van der Waals surface area contributed by atoms with Crippen molar-refractivity contribution in [3.05, 3.63) is 57.4 Å². The fourth-order valence-corrected chi connectivity index (χ4v) is 2.20. The third-order valence-electron chi connectivity index (χ3n) is 2.55. The van der Waals surface area contributed by atoms with E-state index in [4.69, 9.17) is 16.0 Å². The molecular formula is C13H11BrClNO3. The molecule has 2 aromatic rings. The van der Waals surface area contributed by atoms with Crippen LogP contribution in [0.4, 0.5) is 0 Å². The Morgan fingerprint density at radius 1 is 1.47 bits per heavy atom. The summed E-state index contributed by atoms with van der Waals surface area (Å²) >= 11 is 9.15. The zero-order valence-electron chi connectivity index (χ0n) is 9.77. The summed E-state index contributed by atoms with van der Waals surface area (Å²) in [5.41, 5.74) is 0.400. The van der Waals surface area contributed by atoms with Gasteiger partial charge < -0.3 is 14.8 Å². The fraction of sp³-hybridized carbons (Fsp3) is 0.154. The van der Waals surface area contributed by atoms with E-state index in [1.54, 1.807) is 30.3 Å². The van der Waals surface area contributed by atoms with E-state index in [0.29, 0.717) is 20.8 Å². The maximum absolute atomic E-state index is 12.1. The molecule has 1 unspecified atom stereocenters. The molecule has 100 valence electrons. The summed E-state index contributed by atoms with van der Waals surface area (Å²) in [6, 6.07) is 7.72. The summed E-state index contributed by atoms with van der Waals surface area (Å²) < 4.78 is 5.79. The van der Waals surface area contributed by atoms with Crippen LogP contribution in [0.1, 0.15) is 22.2 Å². The van der Waals surface area contributed by atoms with E-state index in [0.717, 1.165) is 0 Å². The molecule has 0 spiro atoms. The quantitative estimate of drug-likeness (QED) is 0.895. The van der Waals surface area contributed by atoms with Gasteiger partial charge >= 0.3 is 0 Å². The molecule has 1 amide bonds. The van der Waals surface area contributed by atoms with Crippen LogP contribution in [0, 0.1) is 0 Å². The number of hydrogen-bond acceptors (Lipinski definition) is 3. The molecule has 0 saturated carbocycles. The molecule has 1 atom stereocenters. The molecule has 1 aromatic carbocycles. The molecule has 0 saturated heterocycles. The molecule has 6 heteroatoms. The number of rotatable bonds is 4. The smallest absolute Gasteiger partial charge is 0.253 e. The summed E-state index contributed by atoms with van der Waals surface area (Å²) in [4.78, 5) is 12.1. The number of aliphatic hydroxyl groups is 1. The zero-order chi connectivity index (χ0) is 13.8. The van der Waals surface area contributed by atoms with E-state index in [9.17, 15) is 9.90 Å². The van der Waals surface area contributed by atoms with E-state index in [2.05, 4.69) is 21.2 Å². The van der Waals surface area contributed by atoms with Crippen molar-refractivity contribution in [2.45, 2.75) is 6.04 Å². The maximum atomic E-state index is 12.1. The lowest BCUT2D eigenvalue weighted by molar-refractivity contribution is 0.0906. The molecule has 4 nitrogen and oxygen atoms in total. The minimum atomic E-state index is -0.589. The van der Waals surface area contributed by atoms with Crippen LogP contribution in [-0.4, -0.2) is 17.6 Å². The first kappa shape index (κ1) is 14.1. The molecule has 0 aliphatic rings. The van der Waals surface area contributed by atoms with Gasteiger partial charge in [-0.1, -0.05) is 11.6 Å². The number of carbonyl (C=O) groups is 1. The highest BCUT2D eigenvalue weighted by Crippen LogP contribution is 2.22. The molecule has 19 heavy (non-hydrogen) atoms. The lowest BCUT2D eigenvalue weighted by Gasteiger charge is -2.14. The molecule has 0 fully saturated rings. The van der Waals surface area contributed by atoms with Crippen LogP contribution in [0.2, 0.25) is 5.02 Å². The highest BCUT2D eigenvalue weighted by molar-refractivity contribution is 9.10. The Labute approximate surface area is 123 Å². The van der Waals surface area contributed by atoms with Crippen LogP contribution in [0.15, 0.2) is 45.5 Å². The monoisotopic (exact) mass is 343 g/mol. The first-order valence-corrected chi connectivity index (χ1v) is 6.69. The number of nitrogens with one attached hydrogen (secondary N) is 1. The van der Waals surface area contributed by atoms with Gasteiger partial charge in [0.2, 0.25) is 0 Å². The molecule has 0 aliphatic carbocycles. The summed E-state index contributed by atoms with van der Waals surface area (Å²) in [5.74, 6) is 0.152. The second-order valence-electron chi connectivity index (χ2n) is 3.85. The average molecular weight is 345 g/mol. The van der Waals surface area contributed by atoms with Crippen molar-refractivity contribution >= 4 is 33.4 Å². The lowest BCUT2D eigenvalue weighted by Crippen LogP contribution is -2.30. The molecule has 2 rings (SSSR count). The van der Waals surface area contributed by atoms with Crippen LogP contribution < -0.4 is 5.32 Å². The third-order valence-corrected chi connectivity index (χ3v) is 3.47. The van der Waals surface area contributed by atoms with Gasteiger partial charge in [0.05, 0.1) is 18.4 Å². The molecular weight excluding hydrogens is 334 g/mol. The molecule has 2 N–H and O–H groups in total. The van der Waals surface area contributed by atoms with Crippen LogP contribution >= 0.6 is 27.5 Å². The van der Waals surface area contributed by atoms with Crippen molar-refractivity contribution in [3.63, 3.8) is 0 Å². The first-order valence-electron chi connectivity index (χ1n) is 5.52. The van der Waals surface area contributed by atoms with Crippen molar-refractivity contribution in [1.82, 2.24) is 5.32 Å². The number of furan rings is 1. The van der Waals surface area contributed by atoms with Crippen molar-refractivity contribution in [2.24, 2.45) is 0 Å². The van der Waals surface area contributed by atoms with E-state index in [1.807, 2.05) is 0 Å². The topological polar surface area (TPSA) is 62.5 Å². The van der Waals surface area contributed by atoms with E-state index in [1.165, 1.54) is 6.26 Å². The average Bonchev–Trinajstić information content (AvgIpc) is 2.92.